The molecule has 0 heterocycles. The number of carbonyl (C=O) groups is 1. The number of benzene rings is 2. The minimum Gasteiger partial charge on any atom is -0.481 e. The Morgan fingerprint density at radius 1 is 1.08 bits per heavy atom. The fraction of sp³-hybridized carbons (Fsp3) is 0.350. The first-order valence-corrected chi connectivity index (χ1v) is 8.51. The number of halogens is 1. The van der Waals surface area contributed by atoms with E-state index >= 15 is 0 Å². The van der Waals surface area contributed by atoms with Crippen LogP contribution >= 0.6 is 11.6 Å². The molecule has 0 saturated heterocycles. The van der Waals surface area contributed by atoms with Crippen LogP contribution in [-0.2, 0) is 4.79 Å². The number of amides is 1. The SMILES string of the molecule is CC[C@H](Oc1ccc(Cl)c(C)c1)C(=O)Nc1c(C)cc(C)cc1C. The molecule has 1 N–H and O–H groups in total. The van der Waals surface area contributed by atoms with Crippen LogP contribution in [0.2, 0.25) is 5.02 Å². The summed E-state index contributed by atoms with van der Waals surface area (Å²) in [6.07, 6.45) is 0.0305. The third kappa shape index (κ3) is 4.30. The van der Waals surface area contributed by atoms with Crippen molar-refractivity contribution in [2.24, 2.45) is 0 Å². The smallest absolute Gasteiger partial charge is 0.265 e. The lowest BCUT2D eigenvalue weighted by atomic mass is 10.0. The molecule has 0 bridgehead atoms. The molecule has 2 rings (SSSR count). The van der Waals surface area contributed by atoms with Crippen molar-refractivity contribution in [2.45, 2.75) is 47.1 Å². The zero-order valence-corrected chi connectivity index (χ0v) is 15.6. The Hall–Kier alpha value is -2.00. The summed E-state index contributed by atoms with van der Waals surface area (Å²) in [5, 5.41) is 3.70. The molecule has 4 heteroatoms. The monoisotopic (exact) mass is 345 g/mol. The van der Waals surface area contributed by atoms with E-state index in [2.05, 4.69) is 17.4 Å². The first kappa shape index (κ1) is 18.3. The molecule has 0 spiro atoms. The van der Waals surface area contributed by atoms with Crippen molar-refractivity contribution in [3.63, 3.8) is 0 Å². The van der Waals surface area contributed by atoms with Gasteiger partial charge in [-0.2, -0.15) is 0 Å². The van der Waals surface area contributed by atoms with Gasteiger partial charge in [-0.3, -0.25) is 4.79 Å². The van der Waals surface area contributed by atoms with Gasteiger partial charge in [0.25, 0.3) is 5.91 Å². The molecule has 2 aromatic carbocycles. The summed E-state index contributed by atoms with van der Waals surface area (Å²) in [4.78, 5) is 12.6. The van der Waals surface area contributed by atoms with E-state index in [1.54, 1.807) is 12.1 Å². The topological polar surface area (TPSA) is 38.3 Å². The number of ether oxygens (including phenoxy) is 1. The van der Waals surface area contributed by atoms with Crippen molar-refractivity contribution in [3.05, 3.63) is 57.6 Å². The van der Waals surface area contributed by atoms with Crippen molar-refractivity contribution in [3.8, 4) is 5.75 Å². The highest BCUT2D eigenvalue weighted by Crippen LogP contribution is 2.25. The van der Waals surface area contributed by atoms with Gasteiger partial charge in [0.1, 0.15) is 5.75 Å². The van der Waals surface area contributed by atoms with Gasteiger partial charge in [-0.05, 0) is 69.0 Å². The van der Waals surface area contributed by atoms with Crippen LogP contribution in [0, 0.1) is 27.7 Å². The molecule has 0 aliphatic rings. The van der Waals surface area contributed by atoms with Crippen molar-refractivity contribution in [1.82, 2.24) is 0 Å². The largest absolute Gasteiger partial charge is 0.481 e. The van der Waals surface area contributed by atoms with Crippen molar-refractivity contribution in [2.75, 3.05) is 5.32 Å². The molecule has 24 heavy (non-hydrogen) atoms. The Morgan fingerprint density at radius 2 is 1.71 bits per heavy atom. The molecular weight excluding hydrogens is 322 g/mol. The lowest BCUT2D eigenvalue weighted by Crippen LogP contribution is -2.32. The summed E-state index contributed by atoms with van der Waals surface area (Å²) in [5.41, 5.74) is 5.08. The predicted octanol–water partition coefficient (Wildman–Crippen LogP) is 5.37. The Balaban J connectivity index is 2.16. The number of hydrogen-bond acceptors (Lipinski definition) is 2. The average molecular weight is 346 g/mol. The Kier molecular flexibility index (Phi) is 5.89. The van der Waals surface area contributed by atoms with Crippen LogP contribution in [0.1, 0.15) is 35.6 Å². The van der Waals surface area contributed by atoms with E-state index in [0.717, 1.165) is 22.4 Å². The Labute approximate surface area is 149 Å². The maximum absolute atomic E-state index is 12.6. The van der Waals surface area contributed by atoms with Gasteiger partial charge < -0.3 is 10.1 Å². The molecule has 2 aromatic rings. The van der Waals surface area contributed by atoms with Gasteiger partial charge in [0, 0.05) is 10.7 Å². The van der Waals surface area contributed by atoms with Crippen LogP contribution in [0.15, 0.2) is 30.3 Å². The Morgan fingerprint density at radius 3 is 2.25 bits per heavy atom. The van der Waals surface area contributed by atoms with Crippen LogP contribution in [0.5, 0.6) is 5.75 Å². The first-order valence-electron chi connectivity index (χ1n) is 8.13. The molecule has 0 aromatic heterocycles. The number of hydrogen-bond donors (Lipinski definition) is 1. The number of anilines is 1. The lowest BCUT2D eigenvalue weighted by molar-refractivity contribution is -0.122. The van der Waals surface area contributed by atoms with Crippen molar-refractivity contribution < 1.29 is 9.53 Å². The van der Waals surface area contributed by atoms with E-state index in [9.17, 15) is 4.79 Å². The van der Waals surface area contributed by atoms with E-state index < -0.39 is 6.10 Å². The van der Waals surface area contributed by atoms with Gasteiger partial charge in [-0.15, -0.1) is 0 Å². The molecule has 0 fully saturated rings. The molecule has 1 atom stereocenters. The molecule has 0 radical (unpaired) electrons. The van der Waals surface area contributed by atoms with Crippen LogP contribution < -0.4 is 10.1 Å². The molecule has 0 aliphatic heterocycles. The minimum absolute atomic E-state index is 0.139. The first-order chi connectivity index (χ1) is 11.3. The molecule has 0 saturated carbocycles. The van der Waals surface area contributed by atoms with Crippen molar-refractivity contribution >= 4 is 23.2 Å². The predicted molar refractivity (Wildman–Crippen MR) is 100 cm³/mol. The summed E-state index contributed by atoms with van der Waals surface area (Å²) in [6.45, 7) is 9.89. The molecule has 0 unspecified atom stereocenters. The van der Waals surface area contributed by atoms with Gasteiger partial charge >= 0.3 is 0 Å². The lowest BCUT2D eigenvalue weighted by Gasteiger charge is -2.20. The van der Waals surface area contributed by atoms with Crippen LogP contribution in [0.4, 0.5) is 5.69 Å². The van der Waals surface area contributed by atoms with E-state index in [1.807, 2.05) is 40.7 Å². The number of rotatable bonds is 5. The minimum atomic E-state index is -0.550. The molecule has 3 nitrogen and oxygen atoms in total. The Bertz CT molecular complexity index is 732. The summed E-state index contributed by atoms with van der Waals surface area (Å²) >= 11 is 6.03. The van der Waals surface area contributed by atoms with E-state index in [4.69, 9.17) is 16.3 Å². The second kappa shape index (κ2) is 7.71. The zero-order valence-electron chi connectivity index (χ0n) is 14.9. The zero-order chi connectivity index (χ0) is 17.9. The van der Waals surface area contributed by atoms with Gasteiger partial charge in [0.2, 0.25) is 0 Å². The van der Waals surface area contributed by atoms with E-state index in [-0.39, 0.29) is 5.91 Å². The van der Waals surface area contributed by atoms with Crippen LogP contribution in [-0.4, -0.2) is 12.0 Å². The van der Waals surface area contributed by atoms with Crippen molar-refractivity contribution in [1.29, 1.82) is 0 Å². The van der Waals surface area contributed by atoms with Crippen LogP contribution in [0.3, 0.4) is 0 Å². The van der Waals surface area contributed by atoms with E-state index in [0.29, 0.717) is 17.2 Å². The maximum Gasteiger partial charge on any atom is 0.265 e. The van der Waals surface area contributed by atoms with Gasteiger partial charge in [0.05, 0.1) is 0 Å². The van der Waals surface area contributed by atoms with Crippen LogP contribution in [0.25, 0.3) is 0 Å². The number of aryl methyl sites for hydroxylation is 4. The molecule has 0 aliphatic carbocycles. The maximum atomic E-state index is 12.6. The second-order valence-corrected chi connectivity index (χ2v) is 6.60. The summed E-state index contributed by atoms with van der Waals surface area (Å²) in [5.74, 6) is 0.511. The van der Waals surface area contributed by atoms with E-state index in [1.165, 1.54) is 5.56 Å². The van der Waals surface area contributed by atoms with Gasteiger partial charge in [-0.25, -0.2) is 0 Å². The summed E-state index contributed by atoms with van der Waals surface area (Å²) in [7, 11) is 0. The summed E-state index contributed by atoms with van der Waals surface area (Å²) in [6, 6.07) is 9.54. The third-order valence-electron chi connectivity index (χ3n) is 4.00. The normalized spacial score (nSPS) is 11.9. The number of nitrogens with one attached hydrogen (secondary N) is 1. The van der Waals surface area contributed by atoms with Gasteiger partial charge in [-0.1, -0.05) is 36.2 Å². The molecule has 128 valence electrons. The highest BCUT2D eigenvalue weighted by atomic mass is 35.5. The quantitative estimate of drug-likeness (QED) is 0.791. The number of carbonyl (C=O) groups excluding carboxylic acids is 1. The van der Waals surface area contributed by atoms with Gasteiger partial charge in [0.15, 0.2) is 6.10 Å². The highest BCUT2D eigenvalue weighted by Gasteiger charge is 2.20. The molecular formula is C20H24ClNO2. The molecule has 1 amide bonds. The average Bonchev–Trinajstić information content (AvgIpc) is 2.51. The standard InChI is InChI=1S/C20H24ClNO2/c1-6-18(24-16-7-8-17(21)13(3)11-16)20(23)22-19-14(4)9-12(2)10-15(19)5/h7-11,18H,6H2,1-5H3,(H,22,23)/t18-/m0/s1. The highest BCUT2D eigenvalue weighted by molar-refractivity contribution is 6.31. The fourth-order valence-corrected chi connectivity index (χ4v) is 2.88. The summed E-state index contributed by atoms with van der Waals surface area (Å²) < 4.78 is 5.87. The second-order valence-electron chi connectivity index (χ2n) is 6.19. The fourth-order valence-electron chi connectivity index (χ4n) is 2.76. The third-order valence-corrected chi connectivity index (χ3v) is 4.42.